The monoisotopic (exact) mass is 388 g/mol. The maximum Gasteiger partial charge on any atom is 0.338 e. The summed E-state index contributed by atoms with van der Waals surface area (Å²) in [5.41, 5.74) is 2.53. The number of esters is 1. The Bertz CT molecular complexity index is 897. The van der Waals surface area contributed by atoms with E-state index in [1.54, 1.807) is 24.3 Å². The Morgan fingerprint density at radius 3 is 2.04 bits per heavy atom. The summed E-state index contributed by atoms with van der Waals surface area (Å²) in [5.74, 6) is -0.552. The molecule has 0 spiro atoms. The number of ketones is 1. The van der Waals surface area contributed by atoms with Crippen molar-refractivity contribution in [1.82, 2.24) is 0 Å². The van der Waals surface area contributed by atoms with Crippen molar-refractivity contribution in [3.8, 4) is 0 Å². The SMILES string of the molecule is CC[C@H](C)c1ccc(C(=O)COC(=O)c2ccc(CS(C)(=O)=O)cc2)cc1. The lowest BCUT2D eigenvalue weighted by molar-refractivity contribution is 0.0474. The van der Waals surface area contributed by atoms with E-state index in [2.05, 4.69) is 13.8 Å². The Morgan fingerprint density at radius 2 is 1.52 bits per heavy atom. The van der Waals surface area contributed by atoms with Gasteiger partial charge in [0.15, 0.2) is 22.2 Å². The second-order valence-electron chi connectivity index (χ2n) is 6.70. The van der Waals surface area contributed by atoms with Crippen molar-refractivity contribution in [3.05, 3.63) is 70.8 Å². The van der Waals surface area contributed by atoms with Gasteiger partial charge in [-0.05, 0) is 35.6 Å². The number of ether oxygens (including phenoxy) is 1. The minimum absolute atomic E-state index is 0.0898. The molecule has 0 heterocycles. The van der Waals surface area contributed by atoms with Crippen molar-refractivity contribution in [2.24, 2.45) is 0 Å². The van der Waals surface area contributed by atoms with Gasteiger partial charge in [0.05, 0.1) is 11.3 Å². The van der Waals surface area contributed by atoms with Gasteiger partial charge in [0.2, 0.25) is 0 Å². The summed E-state index contributed by atoms with van der Waals surface area (Å²) >= 11 is 0. The van der Waals surface area contributed by atoms with Crippen molar-refractivity contribution in [3.63, 3.8) is 0 Å². The van der Waals surface area contributed by atoms with Crippen LogP contribution in [0.4, 0.5) is 0 Å². The molecule has 27 heavy (non-hydrogen) atoms. The second-order valence-corrected chi connectivity index (χ2v) is 8.84. The number of benzene rings is 2. The van der Waals surface area contributed by atoms with Crippen LogP contribution in [-0.2, 0) is 20.3 Å². The van der Waals surface area contributed by atoms with E-state index in [0.717, 1.165) is 12.7 Å². The quantitative estimate of drug-likeness (QED) is 0.508. The second kappa shape index (κ2) is 8.95. The van der Waals surface area contributed by atoms with Crippen LogP contribution < -0.4 is 0 Å². The van der Waals surface area contributed by atoms with Crippen LogP contribution in [0.2, 0.25) is 0 Å². The molecule has 0 N–H and O–H groups in total. The molecule has 2 rings (SSSR count). The lowest BCUT2D eigenvalue weighted by Crippen LogP contribution is -2.14. The van der Waals surface area contributed by atoms with Crippen molar-refractivity contribution >= 4 is 21.6 Å². The first-order valence-corrected chi connectivity index (χ1v) is 10.8. The normalized spacial score (nSPS) is 12.4. The molecule has 0 radical (unpaired) electrons. The summed E-state index contributed by atoms with van der Waals surface area (Å²) in [6, 6.07) is 13.4. The molecule has 1 atom stereocenters. The Labute approximate surface area is 160 Å². The summed E-state index contributed by atoms with van der Waals surface area (Å²) in [6.45, 7) is 3.89. The summed E-state index contributed by atoms with van der Waals surface area (Å²) in [6.07, 6.45) is 2.17. The Hall–Kier alpha value is -2.47. The Balaban J connectivity index is 1.93. The summed E-state index contributed by atoms with van der Waals surface area (Å²) < 4.78 is 27.6. The van der Waals surface area contributed by atoms with Crippen molar-refractivity contribution in [1.29, 1.82) is 0 Å². The van der Waals surface area contributed by atoms with Gasteiger partial charge in [-0.2, -0.15) is 0 Å². The molecule has 0 unspecified atom stereocenters. The number of hydrogen-bond donors (Lipinski definition) is 0. The smallest absolute Gasteiger partial charge is 0.338 e. The van der Waals surface area contributed by atoms with Gasteiger partial charge < -0.3 is 4.74 Å². The summed E-state index contributed by atoms with van der Waals surface area (Å²) in [4.78, 5) is 24.3. The van der Waals surface area contributed by atoms with Gasteiger partial charge in [-0.3, -0.25) is 4.79 Å². The van der Waals surface area contributed by atoms with E-state index < -0.39 is 15.8 Å². The number of carbonyl (C=O) groups is 2. The Morgan fingerprint density at radius 1 is 0.963 bits per heavy atom. The number of carbonyl (C=O) groups excluding carboxylic acids is 2. The van der Waals surface area contributed by atoms with E-state index in [0.29, 0.717) is 17.0 Å². The van der Waals surface area contributed by atoms with Crippen LogP contribution in [0.5, 0.6) is 0 Å². The molecular formula is C21H24O5S. The summed E-state index contributed by atoms with van der Waals surface area (Å²) in [7, 11) is -3.13. The highest BCUT2D eigenvalue weighted by Gasteiger charge is 2.13. The minimum atomic E-state index is -3.13. The molecule has 0 aliphatic heterocycles. The van der Waals surface area contributed by atoms with Crippen molar-refractivity contribution in [2.75, 3.05) is 12.9 Å². The third-order valence-electron chi connectivity index (χ3n) is 4.37. The first kappa shape index (κ1) is 20.8. The molecule has 5 nitrogen and oxygen atoms in total. The average molecular weight is 388 g/mol. The fourth-order valence-corrected chi connectivity index (χ4v) is 3.37. The largest absolute Gasteiger partial charge is 0.454 e. The molecule has 0 saturated carbocycles. The molecule has 144 valence electrons. The third kappa shape index (κ3) is 6.32. The van der Waals surface area contributed by atoms with Gasteiger partial charge in [-0.25, -0.2) is 13.2 Å². The van der Waals surface area contributed by atoms with E-state index in [-0.39, 0.29) is 23.7 Å². The van der Waals surface area contributed by atoms with E-state index in [9.17, 15) is 18.0 Å². The lowest BCUT2D eigenvalue weighted by Gasteiger charge is -2.09. The molecule has 0 saturated heterocycles. The van der Waals surface area contributed by atoms with E-state index in [1.165, 1.54) is 17.7 Å². The van der Waals surface area contributed by atoms with Crippen LogP contribution in [0.15, 0.2) is 48.5 Å². The molecule has 6 heteroatoms. The third-order valence-corrected chi connectivity index (χ3v) is 5.22. The van der Waals surface area contributed by atoms with E-state index >= 15 is 0 Å². The van der Waals surface area contributed by atoms with Crippen LogP contribution in [-0.4, -0.2) is 33.0 Å². The molecule has 2 aromatic rings. The number of rotatable bonds is 8. The molecule has 0 amide bonds. The van der Waals surface area contributed by atoms with Gasteiger partial charge in [-0.1, -0.05) is 50.2 Å². The molecule has 2 aromatic carbocycles. The molecule has 0 aliphatic carbocycles. The summed E-state index contributed by atoms with van der Waals surface area (Å²) in [5, 5.41) is 0. The predicted octanol–water partition coefficient (Wildman–Crippen LogP) is 3.78. The topological polar surface area (TPSA) is 77.5 Å². The van der Waals surface area contributed by atoms with Crippen molar-refractivity contribution in [2.45, 2.75) is 31.9 Å². The van der Waals surface area contributed by atoms with Gasteiger partial charge >= 0.3 is 5.97 Å². The minimum Gasteiger partial charge on any atom is -0.454 e. The van der Waals surface area contributed by atoms with E-state index in [4.69, 9.17) is 4.74 Å². The molecular weight excluding hydrogens is 364 g/mol. The average Bonchev–Trinajstić information content (AvgIpc) is 2.64. The zero-order valence-electron chi connectivity index (χ0n) is 15.8. The Kier molecular flexibility index (Phi) is 6.91. The van der Waals surface area contributed by atoms with Gasteiger partial charge in [0, 0.05) is 11.8 Å². The van der Waals surface area contributed by atoms with Gasteiger partial charge in [-0.15, -0.1) is 0 Å². The van der Waals surface area contributed by atoms with Crippen LogP contribution in [0, 0.1) is 0 Å². The molecule has 0 fully saturated rings. The zero-order chi connectivity index (χ0) is 20.0. The standard InChI is InChI=1S/C21H24O5S/c1-4-15(2)17-9-11-18(12-10-17)20(22)13-26-21(23)19-7-5-16(6-8-19)14-27(3,24)25/h5-12,15H,4,13-14H2,1-3H3/t15-/m0/s1. The fourth-order valence-electron chi connectivity index (χ4n) is 2.57. The number of sulfone groups is 1. The zero-order valence-corrected chi connectivity index (χ0v) is 16.6. The highest BCUT2D eigenvalue weighted by molar-refractivity contribution is 7.89. The van der Waals surface area contributed by atoms with Crippen LogP contribution in [0.1, 0.15) is 58.0 Å². The van der Waals surface area contributed by atoms with E-state index in [1.807, 2.05) is 12.1 Å². The van der Waals surface area contributed by atoms with Gasteiger partial charge in [0.1, 0.15) is 0 Å². The van der Waals surface area contributed by atoms with Crippen LogP contribution >= 0.6 is 0 Å². The maximum atomic E-state index is 12.2. The fraction of sp³-hybridized carbons (Fsp3) is 0.333. The molecule has 0 aliphatic rings. The van der Waals surface area contributed by atoms with Gasteiger partial charge in [0.25, 0.3) is 0 Å². The first-order valence-electron chi connectivity index (χ1n) is 8.76. The highest BCUT2D eigenvalue weighted by Crippen LogP contribution is 2.19. The lowest BCUT2D eigenvalue weighted by atomic mass is 9.97. The molecule has 0 aromatic heterocycles. The number of hydrogen-bond acceptors (Lipinski definition) is 5. The number of Topliss-reactive ketones (excluding diaryl/α,β-unsaturated/α-hetero) is 1. The molecule has 0 bridgehead atoms. The van der Waals surface area contributed by atoms with Crippen LogP contribution in [0.25, 0.3) is 0 Å². The predicted molar refractivity (Wildman–Crippen MR) is 105 cm³/mol. The van der Waals surface area contributed by atoms with Crippen LogP contribution in [0.3, 0.4) is 0 Å². The first-order chi connectivity index (χ1) is 12.7. The van der Waals surface area contributed by atoms with Crippen molar-refractivity contribution < 1.29 is 22.7 Å². The highest BCUT2D eigenvalue weighted by atomic mass is 32.2. The maximum absolute atomic E-state index is 12.2.